The van der Waals surface area contributed by atoms with Crippen LogP contribution in [0.15, 0.2) is 53.7 Å². The predicted molar refractivity (Wildman–Crippen MR) is 106 cm³/mol. The number of nitrogens with one attached hydrogen (secondary N) is 3. The van der Waals surface area contributed by atoms with E-state index in [9.17, 15) is 18.8 Å². The summed E-state index contributed by atoms with van der Waals surface area (Å²) < 4.78 is 27.2. The lowest BCUT2D eigenvalue weighted by atomic mass is 9.67. The molecule has 152 valence electrons. The Morgan fingerprint density at radius 1 is 1.24 bits per heavy atom. The van der Waals surface area contributed by atoms with Crippen molar-refractivity contribution in [1.82, 2.24) is 10.8 Å². The standard InChI is InChI=1S/C22H23F2N3O2/c1-14-18(3-2-4-19(14)24)22(21(28)27-29)10-9-20(16(11-22)12-25)26-13-15-5-7-17(23)8-6-15/h2-8,12,25-26,29H,9-11,13H2,1H3,(H,27,28). The molecule has 0 heterocycles. The van der Waals surface area contributed by atoms with E-state index in [1.807, 2.05) is 0 Å². The lowest BCUT2D eigenvalue weighted by molar-refractivity contribution is -0.135. The van der Waals surface area contributed by atoms with Crippen LogP contribution < -0.4 is 10.8 Å². The molecule has 0 radical (unpaired) electrons. The van der Waals surface area contributed by atoms with E-state index in [4.69, 9.17) is 5.41 Å². The number of allylic oxidation sites excluding steroid dienone is 2. The van der Waals surface area contributed by atoms with Gasteiger partial charge in [-0.25, -0.2) is 14.3 Å². The minimum absolute atomic E-state index is 0.152. The number of carbonyl (C=O) groups excluding carboxylic acids is 1. The van der Waals surface area contributed by atoms with Crippen molar-refractivity contribution in [2.24, 2.45) is 0 Å². The van der Waals surface area contributed by atoms with Crippen LogP contribution in [0.25, 0.3) is 0 Å². The van der Waals surface area contributed by atoms with Gasteiger partial charge in [-0.05, 0) is 66.6 Å². The summed E-state index contributed by atoms with van der Waals surface area (Å²) in [5.41, 5.74) is 3.70. The molecule has 0 aliphatic heterocycles. The number of amides is 1. The molecular weight excluding hydrogens is 376 g/mol. The third-order valence-electron chi connectivity index (χ3n) is 5.59. The van der Waals surface area contributed by atoms with Crippen LogP contribution in [0, 0.1) is 24.0 Å². The molecule has 1 aliphatic carbocycles. The number of halogens is 2. The van der Waals surface area contributed by atoms with Gasteiger partial charge in [0.2, 0.25) is 0 Å². The van der Waals surface area contributed by atoms with Crippen LogP contribution in [0.1, 0.15) is 36.0 Å². The first kappa shape index (κ1) is 20.7. The van der Waals surface area contributed by atoms with Crippen LogP contribution in [0.4, 0.5) is 8.78 Å². The first-order chi connectivity index (χ1) is 13.9. The Morgan fingerprint density at radius 2 is 1.97 bits per heavy atom. The molecule has 0 bridgehead atoms. The second-order valence-electron chi connectivity index (χ2n) is 7.24. The van der Waals surface area contributed by atoms with Gasteiger partial charge < -0.3 is 10.7 Å². The summed E-state index contributed by atoms with van der Waals surface area (Å²) in [5, 5.41) is 20.5. The first-order valence-electron chi connectivity index (χ1n) is 9.32. The average Bonchev–Trinajstić information content (AvgIpc) is 2.74. The topological polar surface area (TPSA) is 85.2 Å². The number of benzene rings is 2. The maximum Gasteiger partial charge on any atom is 0.254 e. The van der Waals surface area contributed by atoms with Gasteiger partial charge in [0.15, 0.2) is 0 Å². The number of carbonyl (C=O) groups is 1. The van der Waals surface area contributed by atoms with Gasteiger partial charge in [-0.2, -0.15) is 0 Å². The van der Waals surface area contributed by atoms with E-state index in [0.717, 1.165) is 11.3 Å². The van der Waals surface area contributed by atoms with E-state index in [-0.39, 0.29) is 12.2 Å². The number of rotatable bonds is 6. The van der Waals surface area contributed by atoms with Crippen molar-refractivity contribution < 1.29 is 18.8 Å². The van der Waals surface area contributed by atoms with Crippen LogP contribution in [0.2, 0.25) is 0 Å². The fourth-order valence-corrected chi connectivity index (χ4v) is 3.95. The maximum absolute atomic E-state index is 14.2. The molecule has 2 aromatic rings. The predicted octanol–water partition coefficient (Wildman–Crippen LogP) is 3.89. The van der Waals surface area contributed by atoms with E-state index in [1.54, 1.807) is 36.7 Å². The highest BCUT2D eigenvalue weighted by Crippen LogP contribution is 2.43. The van der Waals surface area contributed by atoms with Gasteiger partial charge in [-0.3, -0.25) is 10.0 Å². The molecule has 0 spiro atoms. The normalized spacial score (nSPS) is 19.0. The third-order valence-corrected chi connectivity index (χ3v) is 5.59. The molecular formula is C22H23F2N3O2. The van der Waals surface area contributed by atoms with Crippen molar-refractivity contribution in [2.75, 3.05) is 0 Å². The lowest BCUT2D eigenvalue weighted by Crippen LogP contribution is -2.46. The molecule has 5 nitrogen and oxygen atoms in total. The smallest absolute Gasteiger partial charge is 0.254 e. The van der Waals surface area contributed by atoms with E-state index >= 15 is 0 Å². The highest BCUT2D eigenvalue weighted by molar-refractivity contribution is 5.91. The summed E-state index contributed by atoms with van der Waals surface area (Å²) in [5.74, 6) is -1.35. The summed E-state index contributed by atoms with van der Waals surface area (Å²) >= 11 is 0. The first-order valence-corrected chi connectivity index (χ1v) is 9.32. The van der Waals surface area contributed by atoms with E-state index in [1.165, 1.54) is 24.4 Å². The molecule has 3 rings (SSSR count). The molecule has 0 fully saturated rings. The van der Waals surface area contributed by atoms with Crippen molar-refractivity contribution in [3.05, 3.63) is 82.1 Å². The monoisotopic (exact) mass is 399 g/mol. The molecule has 29 heavy (non-hydrogen) atoms. The van der Waals surface area contributed by atoms with Gasteiger partial charge in [0.1, 0.15) is 11.6 Å². The summed E-state index contributed by atoms with van der Waals surface area (Å²) in [6.45, 7) is 2.05. The van der Waals surface area contributed by atoms with Crippen molar-refractivity contribution in [2.45, 2.75) is 38.1 Å². The van der Waals surface area contributed by atoms with Crippen molar-refractivity contribution in [3.8, 4) is 0 Å². The zero-order valence-corrected chi connectivity index (χ0v) is 16.1. The fourth-order valence-electron chi connectivity index (χ4n) is 3.95. The Kier molecular flexibility index (Phi) is 6.08. The second kappa shape index (κ2) is 8.53. The number of hydroxylamine groups is 1. The molecule has 7 heteroatoms. The van der Waals surface area contributed by atoms with E-state index in [0.29, 0.717) is 36.1 Å². The zero-order valence-electron chi connectivity index (χ0n) is 16.1. The van der Waals surface area contributed by atoms with Gasteiger partial charge >= 0.3 is 0 Å². The molecule has 0 saturated carbocycles. The Balaban J connectivity index is 1.92. The van der Waals surface area contributed by atoms with Crippen LogP contribution >= 0.6 is 0 Å². The molecule has 0 saturated heterocycles. The van der Waals surface area contributed by atoms with Crippen molar-refractivity contribution >= 4 is 12.1 Å². The fraction of sp³-hybridized carbons (Fsp3) is 0.273. The van der Waals surface area contributed by atoms with Gasteiger partial charge in [0.25, 0.3) is 5.91 Å². The molecule has 0 aromatic heterocycles. The summed E-state index contributed by atoms with van der Waals surface area (Å²) in [6, 6.07) is 10.7. The maximum atomic E-state index is 14.2. The van der Waals surface area contributed by atoms with Crippen molar-refractivity contribution in [1.29, 1.82) is 5.41 Å². The van der Waals surface area contributed by atoms with Crippen LogP contribution in [0.5, 0.6) is 0 Å². The van der Waals surface area contributed by atoms with Gasteiger partial charge in [0, 0.05) is 18.5 Å². The molecule has 1 atom stereocenters. The number of hydrogen-bond acceptors (Lipinski definition) is 4. The summed E-state index contributed by atoms with van der Waals surface area (Å²) in [6.07, 6.45) is 2.11. The van der Waals surface area contributed by atoms with Crippen LogP contribution in [-0.4, -0.2) is 17.3 Å². The Labute approximate surface area is 167 Å². The quantitative estimate of drug-likeness (QED) is 0.338. The van der Waals surface area contributed by atoms with Crippen LogP contribution in [0.3, 0.4) is 0 Å². The second-order valence-corrected chi connectivity index (χ2v) is 7.24. The lowest BCUT2D eigenvalue weighted by Gasteiger charge is -2.38. The average molecular weight is 399 g/mol. The summed E-state index contributed by atoms with van der Waals surface area (Å²) in [7, 11) is 0. The Hall–Kier alpha value is -3.06. The molecule has 1 amide bonds. The van der Waals surface area contributed by atoms with Gasteiger partial charge in [-0.1, -0.05) is 24.3 Å². The highest BCUT2D eigenvalue weighted by Gasteiger charge is 2.44. The number of hydrogen-bond donors (Lipinski definition) is 4. The zero-order chi connectivity index (χ0) is 21.0. The largest absolute Gasteiger partial charge is 0.384 e. The molecule has 1 aliphatic rings. The Bertz CT molecular complexity index is 957. The molecule has 2 aromatic carbocycles. The minimum atomic E-state index is -1.17. The van der Waals surface area contributed by atoms with Gasteiger partial charge in [-0.15, -0.1) is 0 Å². The summed E-state index contributed by atoms with van der Waals surface area (Å²) in [4.78, 5) is 12.7. The Morgan fingerprint density at radius 3 is 2.62 bits per heavy atom. The molecule has 1 unspecified atom stereocenters. The highest BCUT2D eigenvalue weighted by atomic mass is 19.1. The van der Waals surface area contributed by atoms with E-state index < -0.39 is 17.1 Å². The molecule has 4 N–H and O–H groups in total. The SMILES string of the molecule is Cc1c(F)cccc1C1(C(=O)NO)CCC(NCc2ccc(F)cc2)=C(C=N)C1. The third kappa shape index (κ3) is 4.05. The van der Waals surface area contributed by atoms with Crippen molar-refractivity contribution in [3.63, 3.8) is 0 Å². The minimum Gasteiger partial charge on any atom is -0.384 e. The van der Waals surface area contributed by atoms with E-state index in [2.05, 4.69) is 5.32 Å². The van der Waals surface area contributed by atoms with Crippen LogP contribution in [-0.2, 0) is 16.8 Å². The van der Waals surface area contributed by atoms with Gasteiger partial charge in [0.05, 0.1) is 5.41 Å².